The Labute approximate surface area is 96.6 Å². The maximum absolute atomic E-state index is 11.9. The molecule has 5 nitrogen and oxygen atoms in total. The number of carboxylic acids is 1. The molecule has 2 rings (SSSR count). The van der Waals surface area contributed by atoms with E-state index >= 15 is 0 Å². The predicted octanol–water partition coefficient (Wildman–Crippen LogP) is 1.62. The van der Waals surface area contributed by atoms with E-state index in [0.29, 0.717) is 19.4 Å². The van der Waals surface area contributed by atoms with Crippen LogP contribution in [0.2, 0.25) is 5.02 Å². The quantitative estimate of drug-likeness (QED) is 0.857. The highest BCUT2D eigenvalue weighted by atomic mass is 35.5. The summed E-state index contributed by atoms with van der Waals surface area (Å²) in [4.78, 5) is 24.1. The average Bonchev–Trinajstić information content (AvgIpc) is 2.84. The van der Waals surface area contributed by atoms with Crippen LogP contribution in [-0.4, -0.2) is 34.5 Å². The van der Waals surface area contributed by atoms with E-state index in [1.165, 1.54) is 17.2 Å². The lowest BCUT2D eigenvalue weighted by molar-refractivity contribution is -0.141. The van der Waals surface area contributed by atoms with Crippen LogP contribution in [-0.2, 0) is 4.79 Å². The summed E-state index contributed by atoms with van der Waals surface area (Å²) in [6, 6.07) is 0.689. The largest absolute Gasteiger partial charge is 0.480 e. The van der Waals surface area contributed by atoms with Gasteiger partial charge in [-0.25, -0.2) is 4.79 Å². The van der Waals surface area contributed by atoms with Gasteiger partial charge in [0.2, 0.25) is 5.76 Å². The second-order valence-electron chi connectivity index (χ2n) is 3.59. The maximum atomic E-state index is 11.9. The third kappa shape index (κ3) is 1.78. The smallest absolute Gasteiger partial charge is 0.326 e. The summed E-state index contributed by atoms with van der Waals surface area (Å²) >= 11 is 5.75. The number of carbonyl (C=O) groups excluding carboxylic acids is 1. The first kappa shape index (κ1) is 11.0. The Morgan fingerprint density at radius 2 is 2.31 bits per heavy atom. The molecule has 0 unspecified atom stereocenters. The fourth-order valence-electron chi connectivity index (χ4n) is 1.84. The molecule has 1 saturated heterocycles. The zero-order valence-electron chi connectivity index (χ0n) is 8.35. The van der Waals surface area contributed by atoms with Gasteiger partial charge in [0, 0.05) is 6.54 Å². The summed E-state index contributed by atoms with van der Waals surface area (Å²) in [5.74, 6) is -1.44. The van der Waals surface area contributed by atoms with Gasteiger partial charge < -0.3 is 14.4 Å². The number of halogens is 1. The van der Waals surface area contributed by atoms with E-state index in [1.807, 2.05) is 0 Å². The van der Waals surface area contributed by atoms with E-state index in [2.05, 4.69) is 0 Å². The Hall–Kier alpha value is -1.49. The molecule has 0 spiro atoms. The lowest BCUT2D eigenvalue weighted by Gasteiger charge is -2.20. The molecule has 1 aromatic heterocycles. The highest BCUT2D eigenvalue weighted by Gasteiger charge is 2.36. The summed E-state index contributed by atoms with van der Waals surface area (Å²) < 4.78 is 4.95. The zero-order chi connectivity index (χ0) is 11.7. The number of amides is 1. The van der Waals surface area contributed by atoms with E-state index in [0.717, 1.165) is 0 Å². The molecule has 0 bridgehead atoms. The standard InChI is InChI=1S/C10H10ClNO4/c11-6-3-5-16-8(6)9(13)12-4-1-2-7(12)10(14)15/h3,5,7H,1-2,4H2,(H,14,15)/t7-/m0/s1. The number of likely N-dealkylation sites (tertiary alicyclic amines) is 1. The summed E-state index contributed by atoms with van der Waals surface area (Å²) in [5.41, 5.74) is 0. The van der Waals surface area contributed by atoms with Crippen LogP contribution in [0.15, 0.2) is 16.7 Å². The van der Waals surface area contributed by atoms with Crippen molar-refractivity contribution in [1.29, 1.82) is 0 Å². The molecule has 0 saturated carbocycles. The first-order chi connectivity index (χ1) is 7.61. The fraction of sp³-hybridized carbons (Fsp3) is 0.400. The third-order valence-electron chi connectivity index (χ3n) is 2.61. The first-order valence-corrected chi connectivity index (χ1v) is 5.26. The molecular formula is C10H10ClNO4. The van der Waals surface area contributed by atoms with Gasteiger partial charge in [-0.3, -0.25) is 4.79 Å². The van der Waals surface area contributed by atoms with Gasteiger partial charge >= 0.3 is 5.97 Å². The van der Waals surface area contributed by atoms with Crippen LogP contribution in [0.3, 0.4) is 0 Å². The molecule has 1 N–H and O–H groups in total. The van der Waals surface area contributed by atoms with Gasteiger partial charge in [0.15, 0.2) is 0 Å². The van der Waals surface area contributed by atoms with Crippen molar-refractivity contribution in [2.75, 3.05) is 6.54 Å². The highest BCUT2D eigenvalue weighted by molar-refractivity contribution is 6.33. The number of hydrogen-bond acceptors (Lipinski definition) is 3. The molecule has 1 fully saturated rings. The number of nitrogens with zero attached hydrogens (tertiary/aromatic N) is 1. The molecular weight excluding hydrogens is 234 g/mol. The SMILES string of the molecule is O=C(O)[C@@H]1CCCN1C(=O)c1occc1Cl. The van der Waals surface area contributed by atoms with Crippen LogP contribution >= 0.6 is 11.6 Å². The number of furan rings is 1. The maximum Gasteiger partial charge on any atom is 0.326 e. The summed E-state index contributed by atoms with van der Waals surface area (Å²) in [6.45, 7) is 0.423. The van der Waals surface area contributed by atoms with Gasteiger partial charge in [-0.05, 0) is 18.9 Å². The van der Waals surface area contributed by atoms with Crippen molar-refractivity contribution in [3.63, 3.8) is 0 Å². The first-order valence-electron chi connectivity index (χ1n) is 4.88. The van der Waals surface area contributed by atoms with Gasteiger partial charge in [0.05, 0.1) is 11.3 Å². The minimum absolute atomic E-state index is 0.00909. The Morgan fingerprint density at radius 3 is 2.88 bits per heavy atom. The van der Waals surface area contributed by atoms with Crippen LogP contribution in [0.4, 0.5) is 0 Å². The van der Waals surface area contributed by atoms with E-state index in [-0.39, 0.29) is 10.8 Å². The van der Waals surface area contributed by atoms with Crippen LogP contribution < -0.4 is 0 Å². The van der Waals surface area contributed by atoms with Gasteiger partial charge in [-0.1, -0.05) is 11.6 Å². The second kappa shape index (κ2) is 4.17. The minimum atomic E-state index is -0.992. The molecule has 0 aliphatic carbocycles. The van der Waals surface area contributed by atoms with Gasteiger partial charge in [-0.15, -0.1) is 0 Å². The van der Waals surface area contributed by atoms with Crippen molar-refractivity contribution in [2.45, 2.75) is 18.9 Å². The number of carbonyl (C=O) groups is 2. The van der Waals surface area contributed by atoms with Crippen LogP contribution in [0.5, 0.6) is 0 Å². The van der Waals surface area contributed by atoms with E-state index in [4.69, 9.17) is 21.1 Å². The average molecular weight is 244 g/mol. The zero-order valence-corrected chi connectivity index (χ0v) is 9.11. The predicted molar refractivity (Wildman–Crippen MR) is 55.4 cm³/mol. The lowest BCUT2D eigenvalue weighted by atomic mass is 10.2. The molecule has 1 aliphatic heterocycles. The lowest BCUT2D eigenvalue weighted by Crippen LogP contribution is -2.40. The van der Waals surface area contributed by atoms with Crippen molar-refractivity contribution in [1.82, 2.24) is 4.90 Å². The summed E-state index contributed by atoms with van der Waals surface area (Å²) in [5, 5.41) is 9.15. The Kier molecular flexibility index (Phi) is 2.87. The molecule has 1 amide bonds. The summed E-state index contributed by atoms with van der Waals surface area (Å²) in [6.07, 6.45) is 2.46. The van der Waals surface area contributed by atoms with E-state index in [9.17, 15) is 9.59 Å². The van der Waals surface area contributed by atoms with Gasteiger partial charge in [0.1, 0.15) is 6.04 Å². The Morgan fingerprint density at radius 1 is 1.56 bits per heavy atom. The molecule has 1 aliphatic rings. The number of carboxylic acid groups (broad SMARTS) is 1. The topological polar surface area (TPSA) is 70.8 Å². The minimum Gasteiger partial charge on any atom is -0.480 e. The van der Waals surface area contributed by atoms with Crippen molar-refractivity contribution in [3.05, 3.63) is 23.1 Å². The molecule has 6 heteroatoms. The number of hydrogen-bond donors (Lipinski definition) is 1. The van der Waals surface area contributed by atoms with Crippen LogP contribution in [0, 0.1) is 0 Å². The van der Waals surface area contributed by atoms with Gasteiger partial charge in [-0.2, -0.15) is 0 Å². The Bertz CT molecular complexity index is 428. The molecule has 1 aromatic rings. The number of aliphatic carboxylic acids is 1. The molecule has 0 aromatic carbocycles. The highest BCUT2D eigenvalue weighted by Crippen LogP contribution is 2.24. The summed E-state index contributed by atoms with van der Waals surface area (Å²) in [7, 11) is 0. The Balaban J connectivity index is 2.22. The fourth-order valence-corrected chi connectivity index (χ4v) is 2.02. The molecule has 0 radical (unpaired) electrons. The monoisotopic (exact) mass is 243 g/mol. The van der Waals surface area contributed by atoms with Crippen LogP contribution in [0.1, 0.15) is 23.4 Å². The van der Waals surface area contributed by atoms with Crippen molar-refractivity contribution in [3.8, 4) is 0 Å². The molecule has 2 heterocycles. The van der Waals surface area contributed by atoms with Gasteiger partial charge in [0.25, 0.3) is 5.91 Å². The molecule has 86 valence electrons. The second-order valence-corrected chi connectivity index (χ2v) is 4.00. The van der Waals surface area contributed by atoms with E-state index < -0.39 is 17.9 Å². The van der Waals surface area contributed by atoms with E-state index in [1.54, 1.807) is 0 Å². The van der Waals surface area contributed by atoms with Crippen molar-refractivity contribution in [2.24, 2.45) is 0 Å². The van der Waals surface area contributed by atoms with Crippen LogP contribution in [0.25, 0.3) is 0 Å². The normalized spacial score (nSPS) is 20.1. The third-order valence-corrected chi connectivity index (χ3v) is 2.91. The number of rotatable bonds is 2. The van der Waals surface area contributed by atoms with Crippen molar-refractivity contribution < 1.29 is 19.1 Å². The molecule has 16 heavy (non-hydrogen) atoms. The molecule has 1 atom stereocenters. The van der Waals surface area contributed by atoms with Crippen molar-refractivity contribution >= 4 is 23.5 Å².